The molecule has 0 aliphatic carbocycles. The van der Waals surface area contributed by atoms with Gasteiger partial charge in [0.05, 0.1) is 5.69 Å². The average Bonchev–Trinajstić information content (AvgIpc) is 3.05. The van der Waals surface area contributed by atoms with Crippen LogP contribution in [-0.4, -0.2) is 57.6 Å². The van der Waals surface area contributed by atoms with Crippen molar-refractivity contribution in [2.24, 2.45) is 5.41 Å². The smallest absolute Gasteiger partial charge is 0.475 e. The Kier molecular flexibility index (Phi) is 7.73. The molecule has 6 nitrogen and oxygen atoms in total. The van der Waals surface area contributed by atoms with Gasteiger partial charge in [0.25, 0.3) is 0 Å². The highest BCUT2D eigenvalue weighted by atomic mass is 19.4. The van der Waals surface area contributed by atoms with E-state index in [2.05, 4.69) is 52.0 Å². The SMILES string of the molecule is Cc1cccc(CN2CC3(CCN(Cc4ccccn4)CC3)CC2=O)c1.O=C(O)C(F)(F)F. The maximum Gasteiger partial charge on any atom is 0.490 e. The molecule has 1 aromatic heterocycles. The summed E-state index contributed by atoms with van der Waals surface area (Å²) in [5.74, 6) is -2.43. The Labute approximate surface area is 191 Å². The first-order valence-electron chi connectivity index (χ1n) is 10.8. The number of hydrogen-bond acceptors (Lipinski definition) is 4. The minimum Gasteiger partial charge on any atom is -0.475 e. The zero-order valence-electron chi connectivity index (χ0n) is 18.5. The molecular weight excluding hydrogens is 435 g/mol. The van der Waals surface area contributed by atoms with E-state index < -0.39 is 12.1 Å². The second-order valence-electron chi connectivity index (χ2n) is 8.82. The number of amides is 1. The van der Waals surface area contributed by atoms with Crippen LogP contribution in [0.5, 0.6) is 0 Å². The number of carbonyl (C=O) groups excluding carboxylic acids is 1. The average molecular weight is 464 g/mol. The highest BCUT2D eigenvalue weighted by Crippen LogP contribution is 2.41. The molecule has 9 heteroatoms. The molecule has 0 radical (unpaired) electrons. The largest absolute Gasteiger partial charge is 0.490 e. The van der Waals surface area contributed by atoms with Gasteiger partial charge in [0.2, 0.25) is 5.91 Å². The quantitative estimate of drug-likeness (QED) is 0.741. The van der Waals surface area contributed by atoms with Crippen LogP contribution in [0.3, 0.4) is 0 Å². The van der Waals surface area contributed by atoms with E-state index in [9.17, 15) is 18.0 Å². The van der Waals surface area contributed by atoms with Crippen LogP contribution in [0.25, 0.3) is 0 Å². The van der Waals surface area contributed by atoms with Crippen molar-refractivity contribution in [1.29, 1.82) is 0 Å². The number of rotatable bonds is 4. The lowest BCUT2D eigenvalue weighted by molar-refractivity contribution is -0.192. The molecule has 1 amide bonds. The topological polar surface area (TPSA) is 73.7 Å². The van der Waals surface area contributed by atoms with Gasteiger partial charge < -0.3 is 10.0 Å². The van der Waals surface area contributed by atoms with Crippen molar-refractivity contribution >= 4 is 11.9 Å². The molecule has 0 bridgehead atoms. The summed E-state index contributed by atoms with van der Waals surface area (Å²) in [6.45, 7) is 6.80. The zero-order valence-corrected chi connectivity index (χ0v) is 18.5. The summed E-state index contributed by atoms with van der Waals surface area (Å²) in [7, 11) is 0. The van der Waals surface area contributed by atoms with E-state index in [1.54, 1.807) is 0 Å². The first-order chi connectivity index (χ1) is 15.6. The van der Waals surface area contributed by atoms with Crippen molar-refractivity contribution in [1.82, 2.24) is 14.8 Å². The lowest BCUT2D eigenvalue weighted by Crippen LogP contribution is -2.41. The molecule has 1 spiro atoms. The van der Waals surface area contributed by atoms with Gasteiger partial charge in [-0.3, -0.25) is 14.7 Å². The molecule has 1 aromatic carbocycles. The van der Waals surface area contributed by atoms with Crippen LogP contribution >= 0.6 is 0 Å². The van der Waals surface area contributed by atoms with Gasteiger partial charge in [-0.15, -0.1) is 0 Å². The molecule has 2 aliphatic heterocycles. The number of carboxylic acid groups (broad SMARTS) is 1. The number of nitrogens with zero attached hydrogens (tertiary/aromatic N) is 3. The molecule has 2 aromatic rings. The number of carbonyl (C=O) groups is 2. The van der Waals surface area contributed by atoms with Crippen LogP contribution in [-0.2, 0) is 22.7 Å². The van der Waals surface area contributed by atoms with E-state index in [1.807, 2.05) is 18.3 Å². The number of alkyl halides is 3. The van der Waals surface area contributed by atoms with E-state index >= 15 is 0 Å². The van der Waals surface area contributed by atoms with Gasteiger partial charge in [-0.2, -0.15) is 13.2 Å². The van der Waals surface area contributed by atoms with Gasteiger partial charge in [0.15, 0.2) is 0 Å². The number of hydrogen-bond donors (Lipinski definition) is 1. The number of pyridine rings is 1. The van der Waals surface area contributed by atoms with Crippen LogP contribution < -0.4 is 0 Å². The summed E-state index contributed by atoms with van der Waals surface area (Å²) in [6.07, 6.45) is -0.290. The van der Waals surface area contributed by atoms with Crippen molar-refractivity contribution in [3.05, 3.63) is 65.5 Å². The van der Waals surface area contributed by atoms with Crippen LogP contribution in [0.4, 0.5) is 13.2 Å². The Bertz CT molecular complexity index is 958. The van der Waals surface area contributed by atoms with Crippen molar-refractivity contribution in [2.45, 2.75) is 45.5 Å². The van der Waals surface area contributed by atoms with Crippen LogP contribution in [0.15, 0.2) is 48.7 Å². The maximum atomic E-state index is 12.6. The Hall–Kier alpha value is -2.94. The minimum absolute atomic E-state index is 0.182. The number of benzene rings is 1. The van der Waals surface area contributed by atoms with E-state index in [-0.39, 0.29) is 5.41 Å². The van der Waals surface area contributed by atoms with Gasteiger partial charge in [-0.25, -0.2) is 4.79 Å². The second kappa shape index (κ2) is 10.3. The summed E-state index contributed by atoms with van der Waals surface area (Å²) >= 11 is 0. The summed E-state index contributed by atoms with van der Waals surface area (Å²) < 4.78 is 31.7. The Morgan fingerprint density at radius 3 is 2.39 bits per heavy atom. The first-order valence-corrected chi connectivity index (χ1v) is 10.8. The third-order valence-electron chi connectivity index (χ3n) is 6.13. The van der Waals surface area contributed by atoms with Crippen LogP contribution in [0.2, 0.25) is 0 Å². The maximum absolute atomic E-state index is 12.6. The summed E-state index contributed by atoms with van der Waals surface area (Å²) in [6, 6.07) is 14.6. The predicted molar refractivity (Wildman–Crippen MR) is 116 cm³/mol. The van der Waals surface area contributed by atoms with Crippen molar-refractivity contribution in [2.75, 3.05) is 19.6 Å². The number of halogens is 3. The van der Waals surface area contributed by atoms with Crippen LogP contribution in [0, 0.1) is 12.3 Å². The van der Waals surface area contributed by atoms with Gasteiger partial charge in [0, 0.05) is 32.3 Å². The predicted octanol–water partition coefficient (Wildman–Crippen LogP) is 4.04. The molecule has 0 saturated carbocycles. The molecule has 4 rings (SSSR count). The molecule has 0 unspecified atom stereocenters. The standard InChI is InChI=1S/C22H27N3O.C2HF3O2/c1-18-5-4-6-19(13-18)15-25-17-22(14-21(25)26)8-11-24(12-9-22)16-20-7-2-3-10-23-20;3-2(4,5)1(6)7/h2-7,10,13H,8-9,11-12,14-17H2,1H3;(H,6,7). The summed E-state index contributed by atoms with van der Waals surface area (Å²) in [5, 5.41) is 7.12. The number of aryl methyl sites for hydroxylation is 1. The fraction of sp³-hybridized carbons (Fsp3) is 0.458. The Morgan fingerprint density at radius 2 is 1.82 bits per heavy atom. The lowest BCUT2D eigenvalue weighted by atomic mass is 9.77. The molecule has 2 aliphatic rings. The highest BCUT2D eigenvalue weighted by Gasteiger charge is 2.44. The second-order valence-corrected chi connectivity index (χ2v) is 8.82. The number of likely N-dealkylation sites (tertiary alicyclic amines) is 2. The van der Waals surface area contributed by atoms with Crippen LogP contribution in [0.1, 0.15) is 36.1 Å². The van der Waals surface area contributed by atoms with E-state index in [1.165, 1.54) is 11.1 Å². The number of aromatic nitrogens is 1. The Morgan fingerprint density at radius 1 is 1.12 bits per heavy atom. The Balaban J connectivity index is 0.000000383. The van der Waals surface area contributed by atoms with Gasteiger partial charge >= 0.3 is 12.1 Å². The third kappa shape index (κ3) is 7.02. The van der Waals surface area contributed by atoms with E-state index in [0.717, 1.165) is 57.7 Å². The fourth-order valence-corrected chi connectivity index (χ4v) is 4.40. The van der Waals surface area contributed by atoms with E-state index in [4.69, 9.17) is 9.90 Å². The van der Waals surface area contributed by atoms with Gasteiger partial charge in [-0.05, 0) is 56.0 Å². The molecule has 178 valence electrons. The van der Waals surface area contributed by atoms with Crippen molar-refractivity contribution < 1.29 is 27.9 Å². The molecule has 3 heterocycles. The molecule has 0 atom stereocenters. The molecule has 2 fully saturated rings. The number of carboxylic acids is 1. The van der Waals surface area contributed by atoms with Gasteiger partial charge in [-0.1, -0.05) is 35.9 Å². The third-order valence-corrected chi connectivity index (χ3v) is 6.13. The van der Waals surface area contributed by atoms with Crippen molar-refractivity contribution in [3.8, 4) is 0 Å². The summed E-state index contributed by atoms with van der Waals surface area (Å²) in [4.78, 5) is 30.5. The minimum atomic E-state index is -5.08. The molecule has 2 saturated heterocycles. The number of piperidine rings is 1. The normalized spacial score (nSPS) is 18.2. The summed E-state index contributed by atoms with van der Waals surface area (Å²) in [5.41, 5.74) is 3.81. The molecule has 33 heavy (non-hydrogen) atoms. The molecule has 1 N–H and O–H groups in total. The highest BCUT2D eigenvalue weighted by molar-refractivity contribution is 5.79. The van der Waals surface area contributed by atoms with E-state index in [0.29, 0.717) is 5.91 Å². The number of aliphatic carboxylic acids is 1. The fourth-order valence-electron chi connectivity index (χ4n) is 4.40. The lowest BCUT2D eigenvalue weighted by Gasteiger charge is -2.38. The first kappa shape index (κ1) is 24.7. The zero-order chi connectivity index (χ0) is 24.1. The van der Waals surface area contributed by atoms with Gasteiger partial charge in [0.1, 0.15) is 0 Å². The van der Waals surface area contributed by atoms with Crippen molar-refractivity contribution in [3.63, 3.8) is 0 Å². The molecular formula is C24H28F3N3O3. The monoisotopic (exact) mass is 463 g/mol.